The van der Waals surface area contributed by atoms with Gasteiger partial charge in [-0.2, -0.15) is 0 Å². The van der Waals surface area contributed by atoms with Crippen molar-refractivity contribution in [2.24, 2.45) is 0 Å². The largest absolute Gasteiger partial charge is 0.508 e. The Hall–Kier alpha value is -2.63. The van der Waals surface area contributed by atoms with E-state index >= 15 is 0 Å². The SMILES string of the molecule is O=c1[nH]c2cc(O)cc(F)c2c2c(F)cc(O)cc12. The van der Waals surface area contributed by atoms with Crippen LogP contribution >= 0.6 is 0 Å². The summed E-state index contributed by atoms with van der Waals surface area (Å²) in [7, 11) is 0. The van der Waals surface area contributed by atoms with Gasteiger partial charge in [0.25, 0.3) is 5.56 Å². The number of hydrogen-bond donors (Lipinski definition) is 3. The van der Waals surface area contributed by atoms with E-state index in [4.69, 9.17) is 0 Å². The predicted octanol–water partition coefficient (Wildman–Crippen LogP) is 2.37. The third-order valence-electron chi connectivity index (χ3n) is 2.89. The first kappa shape index (κ1) is 11.5. The monoisotopic (exact) mass is 263 g/mol. The molecular formula is C13H7F2NO3. The second-order valence-corrected chi connectivity index (χ2v) is 4.15. The number of aromatic hydroxyl groups is 2. The zero-order valence-corrected chi connectivity index (χ0v) is 9.37. The van der Waals surface area contributed by atoms with Crippen LogP contribution in [0, 0.1) is 11.6 Å². The van der Waals surface area contributed by atoms with Gasteiger partial charge in [-0.15, -0.1) is 0 Å². The molecular weight excluding hydrogens is 256 g/mol. The molecule has 0 unspecified atom stereocenters. The zero-order valence-electron chi connectivity index (χ0n) is 9.37. The van der Waals surface area contributed by atoms with Gasteiger partial charge in [0.05, 0.1) is 10.9 Å². The molecule has 2 aromatic carbocycles. The maximum absolute atomic E-state index is 13.9. The van der Waals surface area contributed by atoms with Crippen molar-refractivity contribution in [2.75, 3.05) is 0 Å². The summed E-state index contributed by atoms with van der Waals surface area (Å²) in [4.78, 5) is 14.1. The third-order valence-corrected chi connectivity index (χ3v) is 2.89. The summed E-state index contributed by atoms with van der Waals surface area (Å²) in [6, 6.07) is 3.81. The van der Waals surface area contributed by atoms with Crippen molar-refractivity contribution in [3.8, 4) is 11.5 Å². The number of hydrogen-bond acceptors (Lipinski definition) is 3. The number of halogens is 2. The third kappa shape index (κ3) is 1.61. The van der Waals surface area contributed by atoms with Gasteiger partial charge in [-0.25, -0.2) is 8.78 Å². The molecule has 0 saturated heterocycles. The fourth-order valence-electron chi connectivity index (χ4n) is 2.16. The summed E-state index contributed by atoms with van der Waals surface area (Å²) in [6.45, 7) is 0. The molecule has 19 heavy (non-hydrogen) atoms. The molecule has 3 aromatic rings. The Morgan fingerprint density at radius 3 is 2.16 bits per heavy atom. The fourth-order valence-corrected chi connectivity index (χ4v) is 2.16. The van der Waals surface area contributed by atoms with Crippen LogP contribution in [0.1, 0.15) is 0 Å². The van der Waals surface area contributed by atoms with E-state index in [0.29, 0.717) is 0 Å². The molecule has 0 aliphatic carbocycles. The Balaban J connectivity index is 2.70. The lowest BCUT2D eigenvalue weighted by molar-refractivity contribution is 0.469. The minimum absolute atomic E-state index is 0.0143. The van der Waals surface area contributed by atoms with Crippen LogP contribution in [0.3, 0.4) is 0 Å². The summed E-state index contributed by atoms with van der Waals surface area (Å²) >= 11 is 0. The molecule has 0 aliphatic heterocycles. The molecule has 96 valence electrons. The molecule has 0 aliphatic rings. The van der Waals surface area contributed by atoms with Crippen molar-refractivity contribution < 1.29 is 19.0 Å². The van der Waals surface area contributed by atoms with E-state index in [2.05, 4.69) is 4.98 Å². The van der Waals surface area contributed by atoms with Crippen molar-refractivity contribution in [3.63, 3.8) is 0 Å². The van der Waals surface area contributed by atoms with Gasteiger partial charge in [-0.1, -0.05) is 0 Å². The summed E-state index contributed by atoms with van der Waals surface area (Å²) in [5.41, 5.74) is -0.693. The van der Waals surface area contributed by atoms with E-state index in [1.165, 1.54) is 0 Å². The van der Waals surface area contributed by atoms with Crippen molar-refractivity contribution in [1.82, 2.24) is 4.98 Å². The molecule has 0 amide bonds. The quantitative estimate of drug-likeness (QED) is 0.545. The lowest BCUT2D eigenvalue weighted by Gasteiger charge is -2.07. The minimum atomic E-state index is -0.907. The van der Waals surface area contributed by atoms with Crippen LogP contribution in [0.4, 0.5) is 8.78 Å². The average molecular weight is 263 g/mol. The van der Waals surface area contributed by atoms with Gasteiger partial charge in [-0.05, 0) is 6.07 Å². The first-order valence-electron chi connectivity index (χ1n) is 5.34. The lowest BCUT2D eigenvalue weighted by atomic mass is 10.0. The predicted molar refractivity (Wildman–Crippen MR) is 65.3 cm³/mol. The summed E-state index contributed by atoms with van der Waals surface area (Å²) in [5.74, 6) is -2.57. The molecule has 1 aromatic heterocycles. The van der Waals surface area contributed by atoms with Crippen molar-refractivity contribution in [1.29, 1.82) is 0 Å². The Morgan fingerprint density at radius 1 is 0.895 bits per heavy atom. The Morgan fingerprint density at radius 2 is 1.47 bits per heavy atom. The number of nitrogens with one attached hydrogen (secondary N) is 1. The molecule has 0 radical (unpaired) electrons. The number of phenolic OH excluding ortho intramolecular Hbond substituents is 2. The van der Waals surface area contributed by atoms with Crippen molar-refractivity contribution in [3.05, 3.63) is 46.3 Å². The summed E-state index contributed by atoms with van der Waals surface area (Å²) < 4.78 is 27.8. The van der Waals surface area contributed by atoms with Gasteiger partial charge in [0.15, 0.2) is 0 Å². The molecule has 4 nitrogen and oxygen atoms in total. The highest BCUT2D eigenvalue weighted by molar-refractivity contribution is 6.06. The van der Waals surface area contributed by atoms with Crippen LogP contribution in [0.25, 0.3) is 21.7 Å². The molecule has 1 heterocycles. The highest BCUT2D eigenvalue weighted by Crippen LogP contribution is 2.31. The average Bonchev–Trinajstić information content (AvgIpc) is 2.29. The fraction of sp³-hybridized carbons (Fsp3) is 0. The smallest absolute Gasteiger partial charge is 0.256 e. The highest BCUT2D eigenvalue weighted by atomic mass is 19.1. The minimum Gasteiger partial charge on any atom is -0.508 e. The topological polar surface area (TPSA) is 73.3 Å². The number of aromatic amines is 1. The van der Waals surface area contributed by atoms with Gasteiger partial charge >= 0.3 is 0 Å². The first-order valence-corrected chi connectivity index (χ1v) is 5.34. The molecule has 0 fully saturated rings. The molecule has 3 rings (SSSR count). The number of rotatable bonds is 0. The van der Waals surface area contributed by atoms with E-state index < -0.39 is 22.9 Å². The molecule has 0 saturated carbocycles. The van der Waals surface area contributed by atoms with E-state index in [0.717, 1.165) is 24.3 Å². The first-order chi connectivity index (χ1) is 8.97. The van der Waals surface area contributed by atoms with Crippen LogP contribution in [0.15, 0.2) is 29.1 Å². The van der Waals surface area contributed by atoms with Gasteiger partial charge in [0.2, 0.25) is 0 Å². The Bertz CT molecular complexity index is 887. The number of pyridine rings is 1. The van der Waals surface area contributed by atoms with Gasteiger partial charge in [0, 0.05) is 29.0 Å². The van der Waals surface area contributed by atoms with Crippen molar-refractivity contribution >= 4 is 21.7 Å². The van der Waals surface area contributed by atoms with Crippen LogP contribution in [-0.4, -0.2) is 15.2 Å². The lowest BCUT2D eigenvalue weighted by Crippen LogP contribution is -2.07. The summed E-state index contributed by atoms with van der Waals surface area (Å²) in [6.07, 6.45) is 0. The summed E-state index contributed by atoms with van der Waals surface area (Å²) in [5, 5.41) is 18.1. The van der Waals surface area contributed by atoms with E-state index in [-0.39, 0.29) is 27.4 Å². The van der Waals surface area contributed by atoms with Gasteiger partial charge in [0.1, 0.15) is 23.1 Å². The number of H-pyrrole nitrogens is 1. The molecule has 3 N–H and O–H groups in total. The van der Waals surface area contributed by atoms with E-state index in [9.17, 15) is 23.8 Å². The van der Waals surface area contributed by atoms with Crippen LogP contribution in [-0.2, 0) is 0 Å². The number of benzene rings is 2. The maximum atomic E-state index is 13.9. The second-order valence-electron chi connectivity index (χ2n) is 4.15. The molecule has 6 heteroatoms. The molecule has 0 spiro atoms. The standard InChI is InChI=1S/C13H7F2NO3/c14-8-2-5(17)1-7-11(8)12-9(15)3-6(18)4-10(12)16-13(7)19/h1-4,17-18H,(H,16,19). The Labute approximate surface area is 104 Å². The zero-order chi connectivity index (χ0) is 13.7. The van der Waals surface area contributed by atoms with E-state index in [1.807, 2.05) is 0 Å². The second kappa shape index (κ2) is 3.68. The van der Waals surface area contributed by atoms with E-state index in [1.54, 1.807) is 0 Å². The normalized spacial score (nSPS) is 11.3. The number of phenols is 2. The van der Waals surface area contributed by atoms with Gasteiger partial charge in [-0.3, -0.25) is 4.79 Å². The van der Waals surface area contributed by atoms with Gasteiger partial charge < -0.3 is 15.2 Å². The number of fused-ring (bicyclic) bond motifs is 3. The van der Waals surface area contributed by atoms with Crippen LogP contribution in [0.2, 0.25) is 0 Å². The number of aromatic nitrogens is 1. The van der Waals surface area contributed by atoms with Crippen LogP contribution in [0.5, 0.6) is 11.5 Å². The van der Waals surface area contributed by atoms with Crippen molar-refractivity contribution in [2.45, 2.75) is 0 Å². The molecule has 0 atom stereocenters. The maximum Gasteiger partial charge on any atom is 0.256 e. The Kier molecular flexibility index (Phi) is 2.22. The molecule has 0 bridgehead atoms. The van der Waals surface area contributed by atoms with Crippen LogP contribution < -0.4 is 5.56 Å². The highest BCUT2D eigenvalue weighted by Gasteiger charge is 2.15.